The van der Waals surface area contributed by atoms with Gasteiger partial charge in [0.05, 0.1) is 18.2 Å². The molecule has 9 nitrogen and oxygen atoms in total. The van der Waals surface area contributed by atoms with Crippen molar-refractivity contribution in [3.05, 3.63) is 71.3 Å². The van der Waals surface area contributed by atoms with Crippen LogP contribution in [0.25, 0.3) is 0 Å². The molecule has 3 rings (SSSR count). The molecule has 0 radical (unpaired) electrons. The second-order valence-corrected chi connectivity index (χ2v) is 6.85. The van der Waals surface area contributed by atoms with Crippen molar-refractivity contribution in [1.29, 1.82) is 0 Å². The molecule has 160 valence electrons. The van der Waals surface area contributed by atoms with Crippen molar-refractivity contribution in [1.82, 2.24) is 15.5 Å². The van der Waals surface area contributed by atoms with Gasteiger partial charge in [0.25, 0.3) is 11.8 Å². The van der Waals surface area contributed by atoms with Crippen molar-refractivity contribution in [2.75, 3.05) is 20.2 Å². The predicted molar refractivity (Wildman–Crippen MR) is 109 cm³/mol. The molecule has 0 spiro atoms. The minimum atomic E-state index is -1.02. The Morgan fingerprint density at radius 3 is 2.10 bits per heavy atom. The summed E-state index contributed by atoms with van der Waals surface area (Å²) in [5, 5.41) is 4.96. The number of methoxy groups -OCH3 is 1. The van der Waals surface area contributed by atoms with Gasteiger partial charge in [-0.1, -0.05) is 42.5 Å². The average Bonchev–Trinajstić information content (AvgIpc) is 3.02. The van der Waals surface area contributed by atoms with Crippen LogP contribution in [-0.2, 0) is 25.5 Å². The summed E-state index contributed by atoms with van der Waals surface area (Å²) in [6, 6.07) is 14.3. The Balaban J connectivity index is 1.69. The van der Waals surface area contributed by atoms with E-state index in [-0.39, 0.29) is 24.1 Å². The molecule has 0 aliphatic carbocycles. The van der Waals surface area contributed by atoms with E-state index in [2.05, 4.69) is 15.4 Å². The first-order valence-electron chi connectivity index (χ1n) is 9.53. The summed E-state index contributed by atoms with van der Waals surface area (Å²) in [7, 11) is 1.19. The molecule has 1 unspecified atom stereocenters. The van der Waals surface area contributed by atoms with E-state index in [1.165, 1.54) is 19.2 Å². The van der Waals surface area contributed by atoms with Crippen molar-refractivity contribution in [3.63, 3.8) is 0 Å². The molecule has 0 aromatic heterocycles. The fraction of sp³-hybridized carbons (Fsp3) is 0.227. The van der Waals surface area contributed by atoms with Gasteiger partial charge in [0.1, 0.15) is 19.1 Å². The van der Waals surface area contributed by atoms with Crippen molar-refractivity contribution >= 4 is 29.6 Å². The highest BCUT2D eigenvalue weighted by Gasteiger charge is 2.36. The molecule has 0 bridgehead atoms. The van der Waals surface area contributed by atoms with E-state index in [0.29, 0.717) is 0 Å². The number of hydrogen-bond acceptors (Lipinski definition) is 6. The van der Waals surface area contributed by atoms with Crippen LogP contribution in [0.5, 0.6) is 0 Å². The molecule has 4 amide bonds. The fourth-order valence-electron chi connectivity index (χ4n) is 3.18. The number of esters is 1. The Kier molecular flexibility index (Phi) is 6.76. The summed E-state index contributed by atoms with van der Waals surface area (Å²) in [5.74, 6) is -3.03. The van der Waals surface area contributed by atoms with Gasteiger partial charge in [0, 0.05) is 6.42 Å². The van der Waals surface area contributed by atoms with Crippen LogP contribution >= 0.6 is 0 Å². The number of imide groups is 1. The van der Waals surface area contributed by atoms with Gasteiger partial charge in [0.15, 0.2) is 0 Å². The molecule has 2 aromatic carbocycles. The van der Waals surface area contributed by atoms with E-state index in [1.54, 1.807) is 36.4 Å². The highest BCUT2D eigenvalue weighted by molar-refractivity contribution is 6.22. The van der Waals surface area contributed by atoms with Gasteiger partial charge >= 0.3 is 5.97 Å². The van der Waals surface area contributed by atoms with Crippen LogP contribution in [0.2, 0.25) is 0 Å². The van der Waals surface area contributed by atoms with Crippen molar-refractivity contribution in [3.8, 4) is 0 Å². The molecular weight excluding hydrogens is 402 g/mol. The number of rotatable bonds is 8. The first-order valence-corrected chi connectivity index (χ1v) is 9.53. The molecule has 2 N–H and O–H groups in total. The van der Waals surface area contributed by atoms with Crippen LogP contribution in [0.4, 0.5) is 0 Å². The van der Waals surface area contributed by atoms with E-state index in [4.69, 9.17) is 0 Å². The zero-order valence-electron chi connectivity index (χ0n) is 16.8. The summed E-state index contributed by atoms with van der Waals surface area (Å²) in [5.41, 5.74) is 1.25. The SMILES string of the molecule is COC(=O)CNC(=O)C(Cc1ccccc1)NC(=O)CN1C(=O)c2ccccc2C1=O. The largest absolute Gasteiger partial charge is 0.468 e. The van der Waals surface area contributed by atoms with Gasteiger partial charge in [0.2, 0.25) is 11.8 Å². The normalized spacial score (nSPS) is 13.4. The van der Waals surface area contributed by atoms with Crippen LogP contribution in [-0.4, -0.2) is 60.7 Å². The summed E-state index contributed by atoms with van der Waals surface area (Å²) >= 11 is 0. The van der Waals surface area contributed by atoms with E-state index >= 15 is 0 Å². The van der Waals surface area contributed by atoms with Crippen LogP contribution < -0.4 is 10.6 Å². The molecule has 1 aliphatic heterocycles. The lowest BCUT2D eigenvalue weighted by Crippen LogP contribution is -2.51. The second kappa shape index (κ2) is 9.66. The highest BCUT2D eigenvalue weighted by atomic mass is 16.5. The number of benzene rings is 2. The minimum Gasteiger partial charge on any atom is -0.468 e. The van der Waals surface area contributed by atoms with Gasteiger partial charge in [-0.3, -0.25) is 28.9 Å². The quantitative estimate of drug-likeness (QED) is 0.465. The Bertz CT molecular complexity index is 986. The topological polar surface area (TPSA) is 122 Å². The summed E-state index contributed by atoms with van der Waals surface area (Å²) in [6.45, 7) is -0.878. The first kappa shape index (κ1) is 21.7. The molecule has 1 atom stereocenters. The Labute approximate surface area is 178 Å². The number of fused-ring (bicyclic) bond motifs is 1. The third-order valence-corrected chi connectivity index (χ3v) is 4.75. The van der Waals surface area contributed by atoms with Gasteiger partial charge in [-0.15, -0.1) is 0 Å². The smallest absolute Gasteiger partial charge is 0.325 e. The molecule has 0 saturated heterocycles. The lowest BCUT2D eigenvalue weighted by molar-refractivity contribution is -0.141. The van der Waals surface area contributed by atoms with E-state index in [0.717, 1.165) is 10.5 Å². The highest BCUT2D eigenvalue weighted by Crippen LogP contribution is 2.21. The van der Waals surface area contributed by atoms with Crippen molar-refractivity contribution in [2.24, 2.45) is 0 Å². The van der Waals surface area contributed by atoms with Gasteiger partial charge in [-0.2, -0.15) is 0 Å². The summed E-state index contributed by atoms with van der Waals surface area (Å²) in [6.07, 6.45) is 0.154. The lowest BCUT2D eigenvalue weighted by atomic mass is 10.1. The maximum atomic E-state index is 12.6. The minimum absolute atomic E-state index is 0.154. The van der Waals surface area contributed by atoms with Crippen LogP contribution in [0.15, 0.2) is 54.6 Å². The Hall–Kier alpha value is -4.01. The number of nitrogens with one attached hydrogen (secondary N) is 2. The predicted octanol–water partition coefficient (Wildman–Crippen LogP) is 0.299. The molecule has 31 heavy (non-hydrogen) atoms. The standard InChI is InChI=1S/C22H21N3O6/c1-31-19(27)12-23-20(28)17(11-14-7-3-2-4-8-14)24-18(26)13-25-21(29)15-9-5-6-10-16(15)22(25)30/h2-10,17H,11-13H2,1H3,(H,23,28)(H,24,26). The molecule has 1 heterocycles. The molecular formula is C22H21N3O6. The zero-order chi connectivity index (χ0) is 22.4. The fourth-order valence-corrected chi connectivity index (χ4v) is 3.18. The number of nitrogens with zero attached hydrogens (tertiary/aromatic N) is 1. The van der Waals surface area contributed by atoms with Crippen molar-refractivity contribution in [2.45, 2.75) is 12.5 Å². The molecule has 9 heteroatoms. The van der Waals surface area contributed by atoms with Crippen LogP contribution in [0.1, 0.15) is 26.3 Å². The molecule has 1 aliphatic rings. The third-order valence-electron chi connectivity index (χ3n) is 4.75. The van der Waals surface area contributed by atoms with Gasteiger partial charge < -0.3 is 15.4 Å². The maximum Gasteiger partial charge on any atom is 0.325 e. The lowest BCUT2D eigenvalue weighted by Gasteiger charge is -2.20. The number of hydrogen-bond donors (Lipinski definition) is 2. The van der Waals surface area contributed by atoms with E-state index < -0.39 is 42.2 Å². The Morgan fingerprint density at radius 2 is 1.52 bits per heavy atom. The van der Waals surface area contributed by atoms with E-state index in [1.807, 2.05) is 6.07 Å². The molecule has 0 fully saturated rings. The molecule has 2 aromatic rings. The van der Waals surface area contributed by atoms with E-state index in [9.17, 15) is 24.0 Å². The maximum absolute atomic E-state index is 12.6. The van der Waals surface area contributed by atoms with Gasteiger partial charge in [-0.25, -0.2) is 0 Å². The number of ether oxygens (including phenoxy) is 1. The monoisotopic (exact) mass is 423 g/mol. The number of carbonyl (C=O) groups excluding carboxylic acids is 5. The van der Waals surface area contributed by atoms with Crippen LogP contribution in [0.3, 0.4) is 0 Å². The second-order valence-electron chi connectivity index (χ2n) is 6.85. The first-order chi connectivity index (χ1) is 14.9. The summed E-state index contributed by atoms with van der Waals surface area (Å²) < 4.78 is 4.50. The van der Waals surface area contributed by atoms with Crippen molar-refractivity contribution < 1.29 is 28.7 Å². The number of amides is 4. The molecule has 0 saturated carbocycles. The number of carbonyl (C=O) groups is 5. The summed E-state index contributed by atoms with van der Waals surface area (Å²) in [4.78, 5) is 62.3. The van der Waals surface area contributed by atoms with Crippen LogP contribution in [0, 0.1) is 0 Å². The Morgan fingerprint density at radius 1 is 0.935 bits per heavy atom. The zero-order valence-corrected chi connectivity index (χ0v) is 16.8. The third kappa shape index (κ3) is 5.13. The average molecular weight is 423 g/mol. The van der Waals surface area contributed by atoms with Gasteiger partial charge in [-0.05, 0) is 17.7 Å².